The van der Waals surface area contributed by atoms with Gasteiger partial charge in [0.1, 0.15) is 11.5 Å². The fourth-order valence-corrected chi connectivity index (χ4v) is 2.78. The van der Waals surface area contributed by atoms with Gasteiger partial charge in [0.2, 0.25) is 5.78 Å². The minimum Gasteiger partial charge on any atom is -0.452 e. The Labute approximate surface area is 161 Å². The van der Waals surface area contributed by atoms with Crippen molar-refractivity contribution in [3.05, 3.63) is 63.3 Å². The average Bonchev–Trinajstić information content (AvgIpc) is 2.86. The van der Waals surface area contributed by atoms with Gasteiger partial charge in [-0.15, -0.1) is 0 Å². The van der Waals surface area contributed by atoms with Crippen LogP contribution in [0.1, 0.15) is 36.7 Å². The molecule has 2 aromatic carbocycles. The minimum absolute atomic E-state index is 0.106. The highest BCUT2D eigenvalue weighted by atomic mass is 35.5. The van der Waals surface area contributed by atoms with Crippen LogP contribution in [0.3, 0.4) is 0 Å². The molecule has 26 heavy (non-hydrogen) atoms. The summed E-state index contributed by atoms with van der Waals surface area (Å²) >= 11 is 12.3. The summed E-state index contributed by atoms with van der Waals surface area (Å²) < 4.78 is 11.0. The number of ether oxygens (including phenoxy) is 2. The molecular formula is C20H16Cl2O4. The lowest BCUT2D eigenvalue weighted by molar-refractivity contribution is -0.143. The van der Waals surface area contributed by atoms with Crippen molar-refractivity contribution in [3.8, 4) is 11.5 Å². The van der Waals surface area contributed by atoms with E-state index in [1.54, 1.807) is 51.1 Å². The second kappa shape index (κ2) is 6.78. The third-order valence-electron chi connectivity index (χ3n) is 3.74. The molecule has 0 spiro atoms. The summed E-state index contributed by atoms with van der Waals surface area (Å²) in [7, 11) is 0. The van der Waals surface area contributed by atoms with Crippen molar-refractivity contribution in [2.45, 2.75) is 20.8 Å². The maximum Gasteiger partial charge on any atom is 0.316 e. The Kier molecular flexibility index (Phi) is 4.82. The molecule has 1 aliphatic heterocycles. The number of allylic oxidation sites excluding steroid dienone is 1. The first kappa shape index (κ1) is 18.5. The largest absolute Gasteiger partial charge is 0.452 e. The van der Waals surface area contributed by atoms with E-state index in [0.29, 0.717) is 32.7 Å². The zero-order valence-electron chi connectivity index (χ0n) is 14.4. The maximum atomic E-state index is 12.5. The quantitative estimate of drug-likeness (QED) is 0.382. The van der Waals surface area contributed by atoms with E-state index in [1.165, 1.54) is 12.1 Å². The van der Waals surface area contributed by atoms with Gasteiger partial charge in [0, 0.05) is 21.7 Å². The number of Topliss-reactive ketones (excluding diaryl/α,β-unsaturated/α-hetero) is 1. The number of fused-ring (bicyclic) bond motifs is 1. The lowest BCUT2D eigenvalue weighted by Gasteiger charge is -2.16. The number of hydrogen-bond donors (Lipinski definition) is 0. The fourth-order valence-electron chi connectivity index (χ4n) is 2.27. The molecule has 6 heteroatoms. The van der Waals surface area contributed by atoms with Crippen molar-refractivity contribution in [1.82, 2.24) is 0 Å². The van der Waals surface area contributed by atoms with E-state index in [0.717, 1.165) is 0 Å². The van der Waals surface area contributed by atoms with Gasteiger partial charge in [-0.2, -0.15) is 0 Å². The molecule has 0 N–H and O–H groups in total. The molecule has 3 rings (SSSR count). The molecule has 0 aliphatic carbocycles. The van der Waals surface area contributed by atoms with Gasteiger partial charge in [-0.25, -0.2) is 0 Å². The Bertz CT molecular complexity index is 919. The lowest BCUT2D eigenvalue weighted by atomic mass is 9.97. The molecule has 0 amide bonds. The normalized spacial score (nSPS) is 15.0. The number of carbonyl (C=O) groups is 2. The van der Waals surface area contributed by atoms with E-state index >= 15 is 0 Å². The van der Waals surface area contributed by atoms with Crippen molar-refractivity contribution in [1.29, 1.82) is 0 Å². The van der Waals surface area contributed by atoms with Gasteiger partial charge >= 0.3 is 5.97 Å². The molecule has 0 bridgehead atoms. The number of carbonyl (C=O) groups excluding carboxylic acids is 2. The van der Waals surface area contributed by atoms with Crippen LogP contribution < -0.4 is 9.47 Å². The van der Waals surface area contributed by atoms with Crippen molar-refractivity contribution < 1.29 is 19.1 Å². The summed E-state index contributed by atoms with van der Waals surface area (Å²) in [6.07, 6.45) is 1.51. The number of halogens is 2. The Morgan fingerprint density at radius 1 is 1.12 bits per heavy atom. The van der Waals surface area contributed by atoms with Gasteiger partial charge in [-0.1, -0.05) is 29.3 Å². The van der Waals surface area contributed by atoms with Crippen LogP contribution in [-0.4, -0.2) is 11.8 Å². The zero-order chi connectivity index (χ0) is 19.1. The second-order valence-corrected chi connectivity index (χ2v) is 7.69. The molecule has 0 fully saturated rings. The van der Waals surface area contributed by atoms with E-state index in [1.807, 2.05) is 0 Å². The van der Waals surface area contributed by atoms with Crippen molar-refractivity contribution >= 4 is 41.0 Å². The summed E-state index contributed by atoms with van der Waals surface area (Å²) in [5, 5.41) is 0.828. The van der Waals surface area contributed by atoms with Crippen LogP contribution in [0.15, 0.2) is 42.2 Å². The Hall–Kier alpha value is -2.30. The first-order valence-corrected chi connectivity index (χ1v) is 8.67. The lowest BCUT2D eigenvalue weighted by Crippen LogP contribution is -2.25. The molecule has 0 saturated heterocycles. The number of hydrogen-bond acceptors (Lipinski definition) is 4. The van der Waals surface area contributed by atoms with Gasteiger partial charge in [-0.05, 0) is 51.1 Å². The van der Waals surface area contributed by atoms with E-state index in [9.17, 15) is 9.59 Å². The van der Waals surface area contributed by atoms with Gasteiger partial charge in [-0.3, -0.25) is 9.59 Å². The summed E-state index contributed by atoms with van der Waals surface area (Å²) in [5.41, 5.74) is 0.253. The molecule has 4 nitrogen and oxygen atoms in total. The fraction of sp³-hybridized carbons (Fsp3) is 0.200. The third-order valence-corrected chi connectivity index (χ3v) is 4.40. The summed E-state index contributed by atoms with van der Waals surface area (Å²) in [6.45, 7) is 5.28. The smallest absolute Gasteiger partial charge is 0.316 e. The predicted octanol–water partition coefficient (Wildman–Crippen LogP) is 5.56. The van der Waals surface area contributed by atoms with Crippen LogP contribution in [-0.2, 0) is 4.79 Å². The van der Waals surface area contributed by atoms with Crippen LogP contribution in [0.5, 0.6) is 11.5 Å². The van der Waals surface area contributed by atoms with Gasteiger partial charge in [0.25, 0.3) is 0 Å². The number of ketones is 1. The maximum absolute atomic E-state index is 12.5. The summed E-state index contributed by atoms with van der Waals surface area (Å²) in [5.74, 6) is 0.0801. The molecule has 0 radical (unpaired) electrons. The monoisotopic (exact) mass is 390 g/mol. The Balaban J connectivity index is 1.90. The Morgan fingerprint density at radius 3 is 2.38 bits per heavy atom. The first-order chi connectivity index (χ1) is 12.2. The first-order valence-electron chi connectivity index (χ1n) is 7.91. The molecule has 1 aliphatic rings. The van der Waals surface area contributed by atoms with Crippen molar-refractivity contribution in [2.24, 2.45) is 5.41 Å². The molecule has 0 aromatic heterocycles. The highest BCUT2D eigenvalue weighted by Gasteiger charge is 2.29. The second-order valence-electron chi connectivity index (χ2n) is 6.87. The van der Waals surface area contributed by atoms with E-state index in [2.05, 4.69) is 0 Å². The van der Waals surface area contributed by atoms with Crippen LogP contribution in [0, 0.1) is 5.41 Å². The molecule has 0 saturated carbocycles. The van der Waals surface area contributed by atoms with E-state index in [4.69, 9.17) is 32.7 Å². The highest BCUT2D eigenvalue weighted by molar-refractivity contribution is 6.37. The number of esters is 1. The molecule has 134 valence electrons. The third kappa shape index (κ3) is 3.62. The molecular weight excluding hydrogens is 375 g/mol. The molecule has 2 aromatic rings. The molecule has 0 unspecified atom stereocenters. The van der Waals surface area contributed by atoms with Crippen molar-refractivity contribution in [2.75, 3.05) is 0 Å². The van der Waals surface area contributed by atoms with Crippen molar-refractivity contribution in [3.63, 3.8) is 0 Å². The SMILES string of the molecule is CC(C)(C)C(=O)Oc1ccc2c(c1)OC(=Cc1c(Cl)cccc1Cl)C2=O. The number of benzene rings is 2. The topological polar surface area (TPSA) is 52.6 Å². The highest BCUT2D eigenvalue weighted by Crippen LogP contribution is 2.37. The van der Waals surface area contributed by atoms with Crippen LogP contribution in [0.2, 0.25) is 10.0 Å². The average molecular weight is 391 g/mol. The van der Waals surface area contributed by atoms with Gasteiger partial charge in [0.05, 0.1) is 11.0 Å². The summed E-state index contributed by atoms with van der Waals surface area (Å²) in [6, 6.07) is 9.72. The molecule has 1 heterocycles. The molecule has 0 atom stereocenters. The van der Waals surface area contributed by atoms with Crippen LogP contribution in [0.4, 0.5) is 0 Å². The van der Waals surface area contributed by atoms with E-state index in [-0.39, 0.29) is 17.5 Å². The van der Waals surface area contributed by atoms with E-state index < -0.39 is 5.41 Å². The van der Waals surface area contributed by atoms with Crippen LogP contribution >= 0.6 is 23.2 Å². The predicted molar refractivity (Wildman–Crippen MR) is 101 cm³/mol. The van der Waals surface area contributed by atoms with Gasteiger partial charge in [0.15, 0.2) is 5.76 Å². The Morgan fingerprint density at radius 2 is 1.77 bits per heavy atom. The number of rotatable bonds is 2. The van der Waals surface area contributed by atoms with Crippen LogP contribution in [0.25, 0.3) is 6.08 Å². The summed E-state index contributed by atoms with van der Waals surface area (Å²) in [4.78, 5) is 24.5. The zero-order valence-corrected chi connectivity index (χ0v) is 15.9. The van der Waals surface area contributed by atoms with Gasteiger partial charge < -0.3 is 9.47 Å². The minimum atomic E-state index is -0.637. The standard InChI is InChI=1S/C20H16Cl2O4/c1-20(2,3)19(24)25-11-7-8-12-16(9-11)26-17(18(12)23)10-13-14(21)5-4-6-15(13)22/h4-10H,1-3H3.